The molecule has 27 heavy (non-hydrogen) atoms. The van der Waals surface area contributed by atoms with Gasteiger partial charge in [0, 0.05) is 38.8 Å². The molecule has 0 radical (unpaired) electrons. The van der Waals surface area contributed by atoms with Crippen LogP contribution < -0.4 is 5.73 Å². The van der Waals surface area contributed by atoms with E-state index in [0.29, 0.717) is 5.82 Å². The lowest BCUT2D eigenvalue weighted by molar-refractivity contribution is 0.0633. The van der Waals surface area contributed by atoms with Gasteiger partial charge in [-0.15, -0.1) is 17.5 Å². The van der Waals surface area contributed by atoms with Gasteiger partial charge in [0.25, 0.3) is 0 Å². The average molecular weight is 397 g/mol. The van der Waals surface area contributed by atoms with Crippen LogP contribution in [0.2, 0.25) is 0 Å². The average Bonchev–Trinajstić information content (AvgIpc) is 3.15. The van der Waals surface area contributed by atoms with Crippen molar-refractivity contribution in [3.8, 4) is 0 Å². The predicted octanol–water partition coefficient (Wildman–Crippen LogP) is 3.28. The highest BCUT2D eigenvalue weighted by molar-refractivity contribution is 5.85. The molecule has 2 saturated carbocycles. The van der Waals surface area contributed by atoms with Crippen molar-refractivity contribution >= 4 is 18.2 Å². The van der Waals surface area contributed by atoms with Crippen LogP contribution >= 0.6 is 12.4 Å². The molecule has 1 aliphatic heterocycles. The molecule has 0 aromatic carbocycles. The zero-order valence-corrected chi connectivity index (χ0v) is 17.5. The fourth-order valence-electron chi connectivity index (χ4n) is 5.48. The van der Waals surface area contributed by atoms with E-state index in [1.54, 1.807) is 0 Å². The van der Waals surface area contributed by atoms with Gasteiger partial charge in [-0.05, 0) is 32.1 Å². The third kappa shape index (κ3) is 4.96. The van der Waals surface area contributed by atoms with Gasteiger partial charge in [0.2, 0.25) is 0 Å². The van der Waals surface area contributed by atoms with Crippen molar-refractivity contribution in [2.24, 2.45) is 0 Å². The number of hydrogen-bond acceptors (Lipinski definition) is 5. The zero-order valence-electron chi connectivity index (χ0n) is 16.7. The standard InChI is InChI=1S/C20H36N6.ClH/c21-19-17-26(23-22-19)20(9-5-2-6-10-20)11-12-24-13-15-25(16-14-24)18-7-3-1-4-8-18;/h17-18H,1-16,21H2;1H. The summed E-state index contributed by atoms with van der Waals surface area (Å²) >= 11 is 0. The lowest BCUT2D eigenvalue weighted by Crippen LogP contribution is -2.51. The first-order valence-corrected chi connectivity index (χ1v) is 10.9. The van der Waals surface area contributed by atoms with E-state index in [0.717, 1.165) is 6.04 Å². The van der Waals surface area contributed by atoms with E-state index in [1.807, 2.05) is 6.20 Å². The smallest absolute Gasteiger partial charge is 0.165 e. The lowest BCUT2D eigenvalue weighted by atomic mass is 9.79. The van der Waals surface area contributed by atoms with Crippen molar-refractivity contribution in [3.05, 3.63) is 6.20 Å². The quantitative estimate of drug-likeness (QED) is 0.827. The Morgan fingerprint density at radius 3 is 2.26 bits per heavy atom. The van der Waals surface area contributed by atoms with Crippen molar-refractivity contribution in [1.82, 2.24) is 24.8 Å². The Morgan fingerprint density at radius 2 is 1.63 bits per heavy atom. The Bertz CT molecular complexity index is 557. The summed E-state index contributed by atoms with van der Waals surface area (Å²) in [6, 6.07) is 0.869. The number of nitrogens with zero attached hydrogens (tertiary/aromatic N) is 5. The molecule has 2 heterocycles. The molecule has 0 unspecified atom stereocenters. The Labute approximate surface area is 170 Å². The van der Waals surface area contributed by atoms with Gasteiger partial charge < -0.3 is 10.6 Å². The summed E-state index contributed by atoms with van der Waals surface area (Å²) in [7, 11) is 0. The topological polar surface area (TPSA) is 63.2 Å². The van der Waals surface area contributed by atoms with Crippen LogP contribution in [0.25, 0.3) is 0 Å². The van der Waals surface area contributed by atoms with E-state index in [4.69, 9.17) is 5.73 Å². The first-order chi connectivity index (χ1) is 12.8. The third-order valence-electron chi connectivity index (χ3n) is 7.17. The molecule has 2 N–H and O–H groups in total. The van der Waals surface area contributed by atoms with Gasteiger partial charge in [-0.1, -0.05) is 43.7 Å². The van der Waals surface area contributed by atoms with Gasteiger partial charge in [-0.3, -0.25) is 4.90 Å². The van der Waals surface area contributed by atoms with Crippen molar-refractivity contribution in [3.63, 3.8) is 0 Å². The second kappa shape index (κ2) is 9.57. The van der Waals surface area contributed by atoms with Crippen molar-refractivity contribution in [1.29, 1.82) is 0 Å². The Hall–Kier alpha value is -0.850. The van der Waals surface area contributed by atoms with Crippen LogP contribution in [-0.4, -0.2) is 63.6 Å². The number of rotatable bonds is 5. The van der Waals surface area contributed by atoms with Crippen LogP contribution in [0.4, 0.5) is 5.82 Å². The van der Waals surface area contributed by atoms with Crippen LogP contribution in [0.3, 0.4) is 0 Å². The molecule has 0 atom stereocenters. The van der Waals surface area contributed by atoms with Crippen molar-refractivity contribution < 1.29 is 0 Å². The molecular formula is C20H37ClN6. The highest BCUT2D eigenvalue weighted by Gasteiger charge is 2.36. The molecule has 2 aliphatic carbocycles. The van der Waals surface area contributed by atoms with Gasteiger partial charge in [0.1, 0.15) is 0 Å². The summed E-state index contributed by atoms with van der Waals surface area (Å²) in [4.78, 5) is 5.44. The highest BCUT2D eigenvalue weighted by atomic mass is 35.5. The number of hydrogen-bond donors (Lipinski definition) is 1. The normalized spacial score (nSPS) is 25.2. The maximum Gasteiger partial charge on any atom is 0.165 e. The summed E-state index contributed by atoms with van der Waals surface area (Å²) in [6.07, 6.45) is 16.7. The number of piperazine rings is 1. The fraction of sp³-hybridized carbons (Fsp3) is 0.900. The van der Waals surface area contributed by atoms with Gasteiger partial charge in [0.05, 0.1) is 11.7 Å². The molecule has 154 valence electrons. The SMILES string of the molecule is Cl.Nc1cn(C2(CCN3CCN(C4CCCCC4)CC3)CCCCC2)nn1. The van der Waals surface area contributed by atoms with Crippen LogP contribution in [0.15, 0.2) is 6.20 Å². The zero-order chi connectivity index (χ0) is 17.8. The predicted molar refractivity (Wildman–Crippen MR) is 112 cm³/mol. The van der Waals surface area contributed by atoms with Gasteiger partial charge in [0.15, 0.2) is 5.82 Å². The molecule has 1 aromatic heterocycles. The maximum absolute atomic E-state index is 5.86. The molecule has 1 saturated heterocycles. The third-order valence-corrected chi connectivity index (χ3v) is 7.17. The molecule has 7 heteroatoms. The lowest BCUT2D eigenvalue weighted by Gasteiger charge is -2.43. The van der Waals surface area contributed by atoms with Gasteiger partial charge in [-0.2, -0.15) is 0 Å². The monoisotopic (exact) mass is 396 g/mol. The number of nitrogen functional groups attached to an aromatic ring is 1. The minimum absolute atomic E-state index is 0. The summed E-state index contributed by atoms with van der Waals surface area (Å²) in [5.41, 5.74) is 6.00. The van der Waals surface area contributed by atoms with Crippen LogP contribution in [0.5, 0.6) is 0 Å². The Kier molecular flexibility index (Phi) is 7.40. The second-order valence-corrected chi connectivity index (χ2v) is 8.79. The summed E-state index contributed by atoms with van der Waals surface area (Å²) in [5, 5.41) is 8.43. The van der Waals surface area contributed by atoms with E-state index >= 15 is 0 Å². The minimum atomic E-state index is 0. The van der Waals surface area contributed by atoms with E-state index in [9.17, 15) is 0 Å². The second-order valence-electron chi connectivity index (χ2n) is 8.79. The minimum Gasteiger partial charge on any atom is -0.381 e. The fourth-order valence-corrected chi connectivity index (χ4v) is 5.48. The van der Waals surface area contributed by atoms with Crippen LogP contribution in [0, 0.1) is 0 Å². The number of anilines is 1. The molecule has 6 nitrogen and oxygen atoms in total. The van der Waals surface area contributed by atoms with E-state index in [2.05, 4.69) is 24.8 Å². The number of aromatic nitrogens is 3. The highest BCUT2D eigenvalue weighted by Crippen LogP contribution is 2.37. The van der Waals surface area contributed by atoms with E-state index in [-0.39, 0.29) is 17.9 Å². The van der Waals surface area contributed by atoms with Gasteiger partial charge in [-0.25, -0.2) is 4.68 Å². The van der Waals surface area contributed by atoms with Crippen molar-refractivity contribution in [2.75, 3.05) is 38.5 Å². The maximum atomic E-state index is 5.86. The molecule has 0 bridgehead atoms. The number of nitrogens with two attached hydrogens (primary N) is 1. The molecule has 3 aliphatic rings. The first-order valence-electron chi connectivity index (χ1n) is 10.9. The van der Waals surface area contributed by atoms with E-state index in [1.165, 1.54) is 103 Å². The van der Waals surface area contributed by atoms with Gasteiger partial charge >= 0.3 is 0 Å². The summed E-state index contributed by atoms with van der Waals surface area (Å²) in [6.45, 7) is 6.15. The first kappa shape index (κ1) is 20.9. The van der Waals surface area contributed by atoms with Crippen LogP contribution in [0.1, 0.15) is 70.6 Å². The van der Waals surface area contributed by atoms with E-state index < -0.39 is 0 Å². The molecule has 4 rings (SSSR count). The summed E-state index contributed by atoms with van der Waals surface area (Å²) in [5.74, 6) is 0.552. The molecular weight excluding hydrogens is 360 g/mol. The largest absolute Gasteiger partial charge is 0.381 e. The molecule has 1 aromatic rings. The molecule has 0 spiro atoms. The number of halogens is 1. The van der Waals surface area contributed by atoms with Crippen LogP contribution in [-0.2, 0) is 5.54 Å². The molecule has 0 amide bonds. The molecule has 3 fully saturated rings. The Balaban J connectivity index is 0.00000210. The van der Waals surface area contributed by atoms with Crippen molar-refractivity contribution in [2.45, 2.75) is 82.2 Å². The summed E-state index contributed by atoms with van der Waals surface area (Å²) < 4.78 is 2.10. The Morgan fingerprint density at radius 1 is 0.963 bits per heavy atom.